The van der Waals surface area contributed by atoms with Gasteiger partial charge in [0.05, 0.1) is 4.47 Å². The molecule has 0 aromatic heterocycles. The molecule has 0 atom stereocenters. The minimum absolute atomic E-state index is 0.143. The Morgan fingerprint density at radius 1 is 1.25 bits per heavy atom. The predicted octanol–water partition coefficient (Wildman–Crippen LogP) is 4.16. The monoisotopic (exact) mass is 337 g/mol. The highest BCUT2D eigenvalue weighted by Gasteiger charge is 2.12. The van der Waals surface area contributed by atoms with E-state index in [9.17, 15) is 14.3 Å². The van der Waals surface area contributed by atoms with Crippen molar-refractivity contribution in [2.45, 2.75) is 13.8 Å². The molecule has 0 aliphatic carbocycles. The van der Waals surface area contributed by atoms with Crippen molar-refractivity contribution in [2.24, 2.45) is 0 Å². The molecule has 0 unspecified atom stereocenters. The first-order valence-electron chi connectivity index (χ1n) is 5.95. The molecule has 5 heteroatoms. The number of carbonyl (C=O) groups excluding carboxylic acids is 1. The minimum atomic E-state index is -0.499. The van der Waals surface area contributed by atoms with Crippen LogP contribution in [0.1, 0.15) is 21.5 Å². The summed E-state index contributed by atoms with van der Waals surface area (Å²) < 4.78 is 13.7. The van der Waals surface area contributed by atoms with Gasteiger partial charge in [0.1, 0.15) is 11.6 Å². The molecule has 0 radical (unpaired) electrons. The zero-order chi connectivity index (χ0) is 14.9. The van der Waals surface area contributed by atoms with Crippen LogP contribution in [0.25, 0.3) is 0 Å². The largest absolute Gasteiger partial charge is 0.507 e. The lowest BCUT2D eigenvalue weighted by Crippen LogP contribution is -2.13. The van der Waals surface area contributed by atoms with Crippen LogP contribution in [0.15, 0.2) is 34.8 Å². The van der Waals surface area contributed by atoms with Gasteiger partial charge in [-0.25, -0.2) is 4.39 Å². The average Bonchev–Trinajstić information content (AvgIpc) is 2.42. The molecule has 3 nitrogen and oxygen atoms in total. The summed E-state index contributed by atoms with van der Waals surface area (Å²) in [4.78, 5) is 12.1. The molecule has 2 aromatic rings. The minimum Gasteiger partial charge on any atom is -0.507 e. The van der Waals surface area contributed by atoms with E-state index in [4.69, 9.17) is 0 Å². The summed E-state index contributed by atoms with van der Waals surface area (Å²) in [7, 11) is 0. The number of amides is 1. The maximum absolute atomic E-state index is 13.4. The Labute approximate surface area is 124 Å². The van der Waals surface area contributed by atoms with E-state index in [0.29, 0.717) is 15.7 Å². The van der Waals surface area contributed by atoms with Crippen molar-refractivity contribution >= 4 is 27.5 Å². The maximum Gasteiger partial charge on any atom is 0.255 e. The molecule has 0 aliphatic rings. The zero-order valence-corrected chi connectivity index (χ0v) is 12.6. The molecule has 0 fully saturated rings. The van der Waals surface area contributed by atoms with E-state index in [2.05, 4.69) is 21.2 Å². The first kappa shape index (κ1) is 14.5. The highest BCUT2D eigenvalue weighted by Crippen LogP contribution is 2.28. The number of aryl methyl sites for hydroxylation is 1. The number of phenolic OH excluding ortho intramolecular Hbond substituents is 1. The molecule has 0 saturated heterocycles. The van der Waals surface area contributed by atoms with Crippen LogP contribution in [0.3, 0.4) is 0 Å². The van der Waals surface area contributed by atoms with Crippen LogP contribution in [-0.4, -0.2) is 11.0 Å². The van der Waals surface area contributed by atoms with Gasteiger partial charge in [-0.05, 0) is 59.6 Å². The van der Waals surface area contributed by atoms with Crippen molar-refractivity contribution < 1.29 is 14.3 Å². The van der Waals surface area contributed by atoms with Gasteiger partial charge in [0.15, 0.2) is 0 Å². The number of phenols is 1. The van der Waals surface area contributed by atoms with Crippen molar-refractivity contribution in [3.05, 3.63) is 57.3 Å². The van der Waals surface area contributed by atoms with Gasteiger partial charge >= 0.3 is 0 Å². The van der Waals surface area contributed by atoms with E-state index >= 15 is 0 Å². The predicted molar refractivity (Wildman–Crippen MR) is 79.6 cm³/mol. The van der Waals surface area contributed by atoms with E-state index < -0.39 is 11.7 Å². The summed E-state index contributed by atoms with van der Waals surface area (Å²) in [6.07, 6.45) is 0. The lowest BCUT2D eigenvalue weighted by Gasteiger charge is -2.11. The molecule has 0 saturated carbocycles. The second kappa shape index (κ2) is 5.63. The number of hydrogen-bond acceptors (Lipinski definition) is 2. The number of nitrogens with one attached hydrogen (secondary N) is 1. The van der Waals surface area contributed by atoms with Gasteiger partial charge in [-0.2, -0.15) is 0 Å². The Balaban J connectivity index is 2.28. The van der Waals surface area contributed by atoms with E-state index in [-0.39, 0.29) is 11.3 Å². The number of anilines is 1. The van der Waals surface area contributed by atoms with Gasteiger partial charge in [-0.3, -0.25) is 4.79 Å². The summed E-state index contributed by atoms with van der Waals surface area (Å²) in [5.41, 5.74) is 2.03. The van der Waals surface area contributed by atoms with Gasteiger partial charge < -0.3 is 10.4 Å². The maximum atomic E-state index is 13.4. The van der Waals surface area contributed by atoms with E-state index in [1.54, 1.807) is 26.0 Å². The smallest absolute Gasteiger partial charge is 0.255 e. The van der Waals surface area contributed by atoms with Gasteiger partial charge in [-0.15, -0.1) is 0 Å². The fourth-order valence-corrected chi connectivity index (χ4v) is 2.05. The van der Waals surface area contributed by atoms with E-state index in [0.717, 1.165) is 11.6 Å². The summed E-state index contributed by atoms with van der Waals surface area (Å²) in [5.74, 6) is -0.784. The van der Waals surface area contributed by atoms with Crippen molar-refractivity contribution in [1.82, 2.24) is 0 Å². The third-order valence-electron chi connectivity index (χ3n) is 3.06. The van der Waals surface area contributed by atoms with Crippen molar-refractivity contribution in [2.75, 3.05) is 5.32 Å². The number of hydrogen-bond donors (Lipinski definition) is 2. The normalized spacial score (nSPS) is 10.4. The second-order valence-electron chi connectivity index (χ2n) is 4.49. The number of rotatable bonds is 2. The van der Waals surface area contributed by atoms with Crippen LogP contribution in [-0.2, 0) is 0 Å². The molecule has 2 N–H and O–H groups in total. The molecule has 1 amide bonds. The summed E-state index contributed by atoms with van der Waals surface area (Å²) >= 11 is 3.03. The van der Waals surface area contributed by atoms with Crippen LogP contribution in [0.2, 0.25) is 0 Å². The van der Waals surface area contributed by atoms with Crippen LogP contribution in [0.4, 0.5) is 10.1 Å². The number of carbonyl (C=O) groups is 1. The number of benzene rings is 2. The fourth-order valence-electron chi connectivity index (χ4n) is 1.80. The molecule has 104 valence electrons. The summed E-state index contributed by atoms with van der Waals surface area (Å²) in [5, 5.41) is 12.5. The summed E-state index contributed by atoms with van der Waals surface area (Å²) in [6, 6.07) is 7.57. The molecule has 0 bridgehead atoms. The Kier molecular flexibility index (Phi) is 4.09. The Morgan fingerprint density at radius 3 is 2.60 bits per heavy atom. The van der Waals surface area contributed by atoms with Gasteiger partial charge in [0.25, 0.3) is 5.91 Å². The lowest BCUT2D eigenvalue weighted by molar-refractivity contribution is 0.102. The van der Waals surface area contributed by atoms with Crippen LogP contribution in [0, 0.1) is 19.7 Å². The van der Waals surface area contributed by atoms with Crippen LogP contribution in [0.5, 0.6) is 5.75 Å². The first-order valence-corrected chi connectivity index (χ1v) is 6.75. The van der Waals surface area contributed by atoms with Gasteiger partial charge in [0, 0.05) is 16.8 Å². The standard InChI is InChI=1S/C15H13BrFNO2/c1-8-3-6-13(9(2)14(8)19)18-15(20)10-4-5-11(16)12(17)7-10/h3-7,19H,1-2H3,(H,18,20). The lowest BCUT2D eigenvalue weighted by atomic mass is 10.1. The van der Waals surface area contributed by atoms with Gasteiger partial charge in [-0.1, -0.05) is 6.07 Å². The Bertz CT molecular complexity index is 686. The highest BCUT2D eigenvalue weighted by atomic mass is 79.9. The molecular weight excluding hydrogens is 325 g/mol. The third kappa shape index (κ3) is 2.82. The quantitative estimate of drug-likeness (QED) is 0.864. The van der Waals surface area contributed by atoms with Crippen LogP contribution < -0.4 is 5.32 Å². The number of halogens is 2. The second-order valence-corrected chi connectivity index (χ2v) is 5.34. The number of aromatic hydroxyl groups is 1. The van der Waals surface area contributed by atoms with Crippen molar-refractivity contribution in [3.63, 3.8) is 0 Å². The Morgan fingerprint density at radius 2 is 1.95 bits per heavy atom. The zero-order valence-electron chi connectivity index (χ0n) is 11.0. The SMILES string of the molecule is Cc1ccc(NC(=O)c2ccc(Br)c(F)c2)c(C)c1O. The first-order chi connectivity index (χ1) is 9.40. The Hall–Kier alpha value is -1.88. The molecule has 2 rings (SSSR count). The fraction of sp³-hybridized carbons (Fsp3) is 0.133. The third-order valence-corrected chi connectivity index (χ3v) is 3.71. The molecule has 2 aromatic carbocycles. The molecule has 0 aliphatic heterocycles. The average molecular weight is 338 g/mol. The van der Waals surface area contributed by atoms with E-state index in [1.807, 2.05) is 0 Å². The van der Waals surface area contributed by atoms with Gasteiger partial charge in [0.2, 0.25) is 0 Å². The highest BCUT2D eigenvalue weighted by molar-refractivity contribution is 9.10. The van der Waals surface area contributed by atoms with Crippen molar-refractivity contribution in [3.8, 4) is 5.75 Å². The molecule has 0 heterocycles. The van der Waals surface area contributed by atoms with E-state index in [1.165, 1.54) is 12.1 Å². The molecular formula is C15H13BrFNO2. The molecule has 20 heavy (non-hydrogen) atoms. The summed E-state index contributed by atoms with van der Waals surface area (Å²) in [6.45, 7) is 3.48. The van der Waals surface area contributed by atoms with Crippen molar-refractivity contribution in [1.29, 1.82) is 0 Å². The molecule has 0 spiro atoms. The van der Waals surface area contributed by atoms with Crippen LogP contribution >= 0.6 is 15.9 Å². The topological polar surface area (TPSA) is 49.3 Å².